The summed E-state index contributed by atoms with van der Waals surface area (Å²) in [7, 11) is 2.93. The highest BCUT2D eigenvalue weighted by Crippen LogP contribution is 2.49. The second-order valence-electron chi connectivity index (χ2n) is 8.45. The van der Waals surface area contributed by atoms with Gasteiger partial charge in [0.2, 0.25) is 5.91 Å². The van der Waals surface area contributed by atoms with Crippen LogP contribution in [0.5, 0.6) is 11.5 Å². The Kier molecular flexibility index (Phi) is 5.68. The lowest BCUT2D eigenvalue weighted by Crippen LogP contribution is -2.50. The van der Waals surface area contributed by atoms with Gasteiger partial charge in [-0.25, -0.2) is 0 Å². The van der Waals surface area contributed by atoms with Crippen molar-refractivity contribution in [3.8, 4) is 11.5 Å². The summed E-state index contributed by atoms with van der Waals surface area (Å²) in [6.07, 6.45) is -0.844. The maximum Gasteiger partial charge on any atom is 0.264 e. The van der Waals surface area contributed by atoms with Crippen molar-refractivity contribution < 1.29 is 28.7 Å². The minimum Gasteiger partial charge on any atom is -0.493 e. The van der Waals surface area contributed by atoms with E-state index in [0.29, 0.717) is 33.8 Å². The first-order chi connectivity index (χ1) is 17.3. The van der Waals surface area contributed by atoms with Crippen LogP contribution in [0.1, 0.15) is 49.7 Å². The molecule has 2 aliphatic heterocycles. The van der Waals surface area contributed by atoms with Gasteiger partial charge in [0.05, 0.1) is 31.0 Å². The summed E-state index contributed by atoms with van der Waals surface area (Å²) in [5.74, 6) is -0.677. The van der Waals surface area contributed by atoms with Crippen LogP contribution in [0.2, 0.25) is 0 Å². The third kappa shape index (κ3) is 3.56. The van der Waals surface area contributed by atoms with Gasteiger partial charge in [-0.1, -0.05) is 30.3 Å². The van der Waals surface area contributed by atoms with Crippen molar-refractivity contribution in [1.29, 1.82) is 0 Å². The van der Waals surface area contributed by atoms with Crippen molar-refractivity contribution in [2.24, 2.45) is 0 Å². The molecule has 0 fully saturated rings. The van der Waals surface area contributed by atoms with E-state index < -0.39 is 12.1 Å². The lowest BCUT2D eigenvalue weighted by Gasteiger charge is -2.40. The first-order valence-corrected chi connectivity index (χ1v) is 11.2. The van der Waals surface area contributed by atoms with E-state index in [4.69, 9.17) is 9.47 Å². The van der Waals surface area contributed by atoms with Gasteiger partial charge in [-0.3, -0.25) is 24.1 Å². The molecule has 3 amide bonds. The molecule has 3 aromatic rings. The molecule has 0 unspecified atom stereocenters. The second-order valence-corrected chi connectivity index (χ2v) is 8.45. The number of para-hydroxylation sites is 1. The van der Waals surface area contributed by atoms with Gasteiger partial charge in [0.25, 0.3) is 11.8 Å². The van der Waals surface area contributed by atoms with Crippen LogP contribution >= 0.6 is 0 Å². The summed E-state index contributed by atoms with van der Waals surface area (Å²) in [6, 6.07) is 16.7. The van der Waals surface area contributed by atoms with Crippen molar-refractivity contribution >= 4 is 34.9 Å². The van der Waals surface area contributed by atoms with E-state index in [9.17, 15) is 19.2 Å². The van der Waals surface area contributed by atoms with E-state index in [-0.39, 0.29) is 35.5 Å². The van der Waals surface area contributed by atoms with E-state index in [1.165, 1.54) is 30.9 Å². The Balaban J connectivity index is 1.56. The fraction of sp³-hybridized carbons (Fsp3) is 0.185. The summed E-state index contributed by atoms with van der Waals surface area (Å²) in [6.45, 7) is 1.12. The Morgan fingerprint density at radius 1 is 0.944 bits per heavy atom. The zero-order chi connectivity index (χ0) is 25.6. The number of methoxy groups -OCH3 is 2. The maximum atomic E-state index is 13.7. The molecule has 36 heavy (non-hydrogen) atoms. The van der Waals surface area contributed by atoms with E-state index in [2.05, 4.69) is 5.32 Å². The molecule has 3 aromatic carbocycles. The van der Waals surface area contributed by atoms with Crippen LogP contribution in [0.3, 0.4) is 0 Å². The van der Waals surface area contributed by atoms with Gasteiger partial charge in [0.15, 0.2) is 17.3 Å². The van der Waals surface area contributed by atoms with Crippen LogP contribution in [-0.4, -0.2) is 49.2 Å². The van der Waals surface area contributed by atoms with Gasteiger partial charge in [-0.05, 0) is 37.3 Å². The van der Waals surface area contributed by atoms with Crippen molar-refractivity contribution in [1.82, 2.24) is 4.90 Å². The molecule has 2 aliphatic rings. The Labute approximate surface area is 207 Å². The number of ketones is 1. The molecule has 0 spiro atoms. The fourth-order valence-corrected chi connectivity index (χ4v) is 4.76. The SMILES string of the molecule is COc1ccc2c(c1OC)C(=O)N1c3ccccc3C(=O)N(CC(=O)Nc3cccc(C(C)=O)c3)[C@H]21. The summed E-state index contributed by atoms with van der Waals surface area (Å²) in [4.78, 5) is 54.9. The monoisotopic (exact) mass is 485 g/mol. The Hall–Kier alpha value is -4.66. The van der Waals surface area contributed by atoms with Gasteiger partial charge >= 0.3 is 0 Å². The average molecular weight is 485 g/mol. The van der Waals surface area contributed by atoms with Gasteiger partial charge in [0.1, 0.15) is 12.7 Å². The van der Waals surface area contributed by atoms with Crippen LogP contribution in [-0.2, 0) is 4.79 Å². The number of ether oxygens (including phenoxy) is 2. The number of rotatable bonds is 6. The van der Waals surface area contributed by atoms with Crippen molar-refractivity contribution in [3.05, 3.63) is 82.9 Å². The number of hydrogen-bond acceptors (Lipinski definition) is 6. The number of carbonyl (C=O) groups excluding carboxylic acids is 4. The van der Waals surface area contributed by atoms with E-state index >= 15 is 0 Å². The second kappa shape index (κ2) is 8.84. The molecule has 0 bridgehead atoms. The van der Waals surface area contributed by atoms with Crippen molar-refractivity contribution in [2.45, 2.75) is 13.1 Å². The third-order valence-corrected chi connectivity index (χ3v) is 6.35. The molecule has 1 atom stereocenters. The van der Waals surface area contributed by atoms with Gasteiger partial charge in [0, 0.05) is 16.8 Å². The van der Waals surface area contributed by atoms with Gasteiger partial charge in [-0.15, -0.1) is 0 Å². The smallest absolute Gasteiger partial charge is 0.264 e. The molecule has 182 valence electrons. The zero-order valence-electron chi connectivity index (χ0n) is 19.9. The Morgan fingerprint density at radius 3 is 2.44 bits per heavy atom. The number of hydrogen-bond donors (Lipinski definition) is 1. The minimum atomic E-state index is -0.844. The van der Waals surface area contributed by atoms with Gasteiger partial charge in [-0.2, -0.15) is 0 Å². The standard InChI is InChI=1S/C27H23N3O6/c1-15(31)16-7-6-8-17(13-16)28-22(32)14-29-25-19-11-12-21(35-2)24(36-3)23(19)27(34)30(25)20-10-5-4-9-18(20)26(29)33/h4-13,25H,14H2,1-3H3,(H,28,32)/t25-/m0/s1. The number of fused-ring (bicyclic) bond motifs is 5. The zero-order valence-corrected chi connectivity index (χ0v) is 19.9. The van der Waals surface area contributed by atoms with Crippen LogP contribution in [0.25, 0.3) is 0 Å². The molecule has 9 nitrogen and oxygen atoms in total. The highest BCUT2D eigenvalue weighted by Gasteiger charge is 2.50. The molecule has 0 radical (unpaired) electrons. The maximum absolute atomic E-state index is 13.7. The Bertz CT molecular complexity index is 1430. The first kappa shape index (κ1) is 23.1. The van der Waals surface area contributed by atoms with Crippen LogP contribution in [0.4, 0.5) is 11.4 Å². The summed E-state index contributed by atoms with van der Waals surface area (Å²) in [5, 5.41) is 2.75. The summed E-state index contributed by atoms with van der Waals surface area (Å²) < 4.78 is 10.9. The number of nitrogens with zero attached hydrogens (tertiary/aromatic N) is 2. The predicted octanol–water partition coefficient (Wildman–Crippen LogP) is 3.66. The normalized spacial score (nSPS) is 15.7. The summed E-state index contributed by atoms with van der Waals surface area (Å²) in [5.41, 5.74) is 2.48. The van der Waals surface area contributed by atoms with E-state index in [1.54, 1.807) is 60.7 Å². The molecule has 0 aromatic heterocycles. The number of Topliss-reactive ketones (excluding diaryl/α,β-unsaturated/α-hetero) is 1. The first-order valence-electron chi connectivity index (χ1n) is 11.2. The molecule has 0 saturated heterocycles. The molecule has 9 heteroatoms. The van der Waals surface area contributed by atoms with Crippen LogP contribution < -0.4 is 19.7 Å². The lowest BCUT2D eigenvalue weighted by atomic mass is 10.0. The van der Waals surface area contributed by atoms with Crippen molar-refractivity contribution in [3.63, 3.8) is 0 Å². The number of benzene rings is 3. The topological polar surface area (TPSA) is 105 Å². The Morgan fingerprint density at radius 2 is 1.72 bits per heavy atom. The number of anilines is 2. The predicted molar refractivity (Wildman–Crippen MR) is 132 cm³/mol. The fourth-order valence-electron chi connectivity index (χ4n) is 4.76. The molecular formula is C27H23N3O6. The molecule has 0 saturated carbocycles. The molecular weight excluding hydrogens is 462 g/mol. The third-order valence-electron chi connectivity index (χ3n) is 6.35. The quantitative estimate of drug-likeness (QED) is 0.535. The average Bonchev–Trinajstić information content (AvgIpc) is 3.18. The molecule has 5 rings (SSSR count). The van der Waals surface area contributed by atoms with Crippen LogP contribution in [0.15, 0.2) is 60.7 Å². The van der Waals surface area contributed by atoms with Crippen molar-refractivity contribution in [2.75, 3.05) is 31.0 Å². The minimum absolute atomic E-state index is 0.130. The number of nitrogens with one attached hydrogen (secondary N) is 1. The highest BCUT2D eigenvalue weighted by molar-refractivity contribution is 6.18. The molecule has 2 heterocycles. The number of amides is 3. The molecule has 1 N–H and O–H groups in total. The largest absolute Gasteiger partial charge is 0.493 e. The molecule has 0 aliphatic carbocycles. The van der Waals surface area contributed by atoms with E-state index in [0.717, 1.165) is 0 Å². The number of carbonyl (C=O) groups is 4. The highest BCUT2D eigenvalue weighted by atomic mass is 16.5. The summed E-state index contributed by atoms with van der Waals surface area (Å²) >= 11 is 0. The lowest BCUT2D eigenvalue weighted by molar-refractivity contribution is -0.117. The van der Waals surface area contributed by atoms with E-state index in [1.807, 2.05) is 0 Å². The van der Waals surface area contributed by atoms with Gasteiger partial charge < -0.3 is 19.7 Å². The van der Waals surface area contributed by atoms with Crippen LogP contribution in [0, 0.1) is 0 Å².